The first kappa shape index (κ1) is 33.6. The van der Waals surface area contributed by atoms with Gasteiger partial charge in [0.05, 0.1) is 26.4 Å². The van der Waals surface area contributed by atoms with Gasteiger partial charge in [-0.1, -0.05) is 0 Å². The summed E-state index contributed by atoms with van der Waals surface area (Å²) in [6.45, 7) is 10.9. The van der Waals surface area contributed by atoms with Crippen LogP contribution in [0.15, 0.2) is 0 Å². The Bertz CT molecular complexity index is 942. The molecule has 2 aromatic heterocycles. The van der Waals surface area contributed by atoms with Crippen LogP contribution in [0.4, 0.5) is 0 Å². The van der Waals surface area contributed by atoms with Crippen molar-refractivity contribution in [1.82, 2.24) is 29.5 Å². The van der Waals surface area contributed by atoms with E-state index in [-0.39, 0.29) is 34.7 Å². The highest BCUT2D eigenvalue weighted by atomic mass is 35.5. The average Bonchev–Trinajstić information content (AvgIpc) is 3.30. The molecule has 0 N–H and O–H groups in total. The van der Waals surface area contributed by atoms with Crippen molar-refractivity contribution in [3.63, 3.8) is 0 Å². The minimum absolute atomic E-state index is 0.0823. The molecule has 0 bridgehead atoms. The van der Waals surface area contributed by atoms with Gasteiger partial charge in [0.2, 0.25) is 10.6 Å². The molecule has 2 aromatic rings. The predicted octanol–water partition coefficient (Wildman–Crippen LogP) is 6.38. The van der Waals surface area contributed by atoms with Crippen molar-refractivity contribution < 1.29 is 27.1 Å². The Morgan fingerprint density at radius 1 is 0.667 bits per heavy atom. The summed E-state index contributed by atoms with van der Waals surface area (Å²) in [4.78, 5) is 7.96. The minimum Gasteiger partial charge on any atom is -0.388 e. The van der Waals surface area contributed by atoms with E-state index in [0.29, 0.717) is 26.4 Å². The van der Waals surface area contributed by atoms with Crippen molar-refractivity contribution in [2.24, 2.45) is 0 Å². The third-order valence-electron chi connectivity index (χ3n) is 3.65. The van der Waals surface area contributed by atoms with Crippen LogP contribution in [0, 0.1) is 0 Å². The van der Waals surface area contributed by atoms with E-state index in [1.54, 1.807) is 0 Å². The van der Waals surface area contributed by atoms with Crippen LogP contribution in [0.2, 0.25) is 10.6 Å². The van der Waals surface area contributed by atoms with Gasteiger partial charge in [0.15, 0.2) is 0 Å². The number of rotatable bonds is 14. The molecule has 0 saturated heterocycles. The van der Waals surface area contributed by atoms with Crippen LogP contribution >= 0.6 is 36.6 Å². The largest absolute Gasteiger partial charge is 0.388 e. The zero-order chi connectivity index (χ0) is 27.5. The smallest absolute Gasteiger partial charge is 0.382 e. The van der Waals surface area contributed by atoms with Crippen molar-refractivity contribution >= 4 is 60.3 Å². The standard InChI is InChI=1S/2C9H17ClN3O3PS/c2*1-5-14-17(18,15-6-2)16-9-11-8(10)13(12-9)7(3)4/h2*7H,5-6H2,1-4H3. The van der Waals surface area contributed by atoms with Gasteiger partial charge in [-0.3, -0.25) is 18.1 Å². The van der Waals surface area contributed by atoms with Crippen LogP contribution in [0.3, 0.4) is 0 Å². The number of halogens is 2. The van der Waals surface area contributed by atoms with E-state index in [0.717, 1.165) is 0 Å². The number of aromatic nitrogens is 6. The lowest BCUT2D eigenvalue weighted by Gasteiger charge is -2.18. The van der Waals surface area contributed by atoms with Gasteiger partial charge < -0.3 is 9.05 Å². The Balaban J connectivity index is 0.000000360. The molecule has 0 spiro atoms. The van der Waals surface area contributed by atoms with Gasteiger partial charge in [-0.25, -0.2) is 9.36 Å². The second-order valence-electron chi connectivity index (χ2n) is 7.15. The van der Waals surface area contributed by atoms with Crippen LogP contribution in [-0.4, -0.2) is 56.0 Å². The molecule has 0 radical (unpaired) electrons. The topological polar surface area (TPSA) is 117 Å². The highest BCUT2D eigenvalue weighted by molar-refractivity contribution is 8.08. The fourth-order valence-electron chi connectivity index (χ4n) is 2.32. The maximum Gasteiger partial charge on any atom is 0.382 e. The fourth-order valence-corrected chi connectivity index (χ4v) is 6.77. The SMILES string of the molecule is CCOP(=S)(OCC)Oc1nc(Cl)n(C(C)C)n1.CCOP(=S)(OCC)Oc1nc(Cl)n(C(C)C)n1. The van der Waals surface area contributed by atoms with Crippen LogP contribution in [0.5, 0.6) is 12.0 Å². The van der Waals surface area contributed by atoms with Crippen molar-refractivity contribution in [3.05, 3.63) is 10.6 Å². The summed E-state index contributed by atoms with van der Waals surface area (Å²) in [5.41, 5.74) is 0. The molecule has 0 aliphatic carbocycles. The molecule has 0 aliphatic heterocycles. The Morgan fingerprint density at radius 3 is 1.14 bits per heavy atom. The first-order valence-corrected chi connectivity index (χ1v) is 17.1. The molecule has 0 amide bonds. The molecule has 0 aliphatic rings. The van der Waals surface area contributed by atoms with Gasteiger partial charge >= 0.3 is 25.5 Å². The van der Waals surface area contributed by atoms with E-state index in [1.807, 2.05) is 55.4 Å². The fraction of sp³-hybridized carbons (Fsp3) is 0.778. The third-order valence-corrected chi connectivity index (χ3v) is 8.95. The van der Waals surface area contributed by atoms with Gasteiger partial charge in [0, 0.05) is 35.7 Å². The Hall–Kier alpha value is -0.400. The summed E-state index contributed by atoms with van der Waals surface area (Å²) in [5.74, 6) is 0. The molecule has 36 heavy (non-hydrogen) atoms. The van der Waals surface area contributed by atoms with E-state index in [1.165, 1.54) is 9.36 Å². The van der Waals surface area contributed by atoms with E-state index < -0.39 is 13.4 Å². The van der Waals surface area contributed by atoms with Crippen molar-refractivity contribution in [3.8, 4) is 12.0 Å². The summed E-state index contributed by atoms with van der Waals surface area (Å²) >= 11 is 22.3. The molecule has 2 heterocycles. The van der Waals surface area contributed by atoms with Gasteiger partial charge in [-0.05, 0) is 78.6 Å². The quantitative estimate of drug-likeness (QED) is 0.217. The van der Waals surface area contributed by atoms with E-state index in [9.17, 15) is 0 Å². The normalized spacial score (nSPS) is 12.1. The number of hydrogen-bond donors (Lipinski definition) is 0. The lowest BCUT2D eigenvalue weighted by atomic mass is 10.4. The van der Waals surface area contributed by atoms with Crippen LogP contribution in [0.25, 0.3) is 0 Å². The highest BCUT2D eigenvalue weighted by Crippen LogP contribution is 2.49. The molecule has 0 saturated carbocycles. The molecular weight excluding hydrogens is 593 g/mol. The molecule has 18 heteroatoms. The van der Waals surface area contributed by atoms with Crippen molar-refractivity contribution in [2.75, 3.05) is 26.4 Å². The summed E-state index contributed by atoms with van der Waals surface area (Å²) in [6.07, 6.45) is 0. The third kappa shape index (κ3) is 10.8. The van der Waals surface area contributed by atoms with E-state index in [2.05, 4.69) is 20.2 Å². The molecule has 0 atom stereocenters. The summed E-state index contributed by atoms with van der Waals surface area (Å²) in [7, 11) is 0. The molecule has 0 unspecified atom stereocenters. The van der Waals surface area contributed by atoms with Crippen LogP contribution in [0.1, 0.15) is 67.5 Å². The molecule has 0 aromatic carbocycles. The highest BCUT2D eigenvalue weighted by Gasteiger charge is 2.26. The maximum atomic E-state index is 5.93. The molecule has 12 nitrogen and oxygen atoms in total. The van der Waals surface area contributed by atoms with E-state index >= 15 is 0 Å². The summed E-state index contributed by atoms with van der Waals surface area (Å²) < 4.78 is 35.3. The zero-order valence-corrected chi connectivity index (χ0v) is 26.5. The Kier molecular flexibility index (Phi) is 14.8. The minimum atomic E-state index is -2.84. The molecule has 2 rings (SSSR count). The maximum absolute atomic E-state index is 5.93. The average molecular weight is 627 g/mol. The van der Waals surface area contributed by atoms with Gasteiger partial charge in [-0.15, -0.1) is 10.2 Å². The lowest BCUT2D eigenvalue weighted by Crippen LogP contribution is -2.05. The van der Waals surface area contributed by atoms with E-state index in [4.69, 9.17) is 74.0 Å². The molecule has 208 valence electrons. The lowest BCUT2D eigenvalue weighted by molar-refractivity contribution is 0.212. The predicted molar refractivity (Wildman–Crippen MR) is 147 cm³/mol. The van der Waals surface area contributed by atoms with Crippen LogP contribution < -0.4 is 9.05 Å². The monoisotopic (exact) mass is 626 g/mol. The molecular formula is C18H34Cl2N6O6P2S2. The first-order valence-electron chi connectivity index (χ1n) is 11.2. The van der Waals surface area contributed by atoms with Crippen molar-refractivity contribution in [1.29, 1.82) is 0 Å². The van der Waals surface area contributed by atoms with Gasteiger partial charge in [-0.2, -0.15) is 9.97 Å². The van der Waals surface area contributed by atoms with Gasteiger partial charge in [0.1, 0.15) is 0 Å². The summed E-state index contributed by atoms with van der Waals surface area (Å²) in [5, 5.41) is 8.71. The first-order chi connectivity index (χ1) is 16.8. The number of hydrogen-bond acceptors (Lipinski definition) is 12. The Labute approximate surface area is 232 Å². The Morgan fingerprint density at radius 2 is 0.944 bits per heavy atom. The number of nitrogens with zero attached hydrogens (tertiary/aromatic N) is 6. The second-order valence-corrected chi connectivity index (χ2v) is 13.7. The van der Waals surface area contributed by atoms with Gasteiger partial charge in [0.25, 0.3) is 0 Å². The molecule has 0 fully saturated rings. The van der Waals surface area contributed by atoms with Crippen LogP contribution in [-0.2, 0) is 41.7 Å². The van der Waals surface area contributed by atoms with Crippen molar-refractivity contribution in [2.45, 2.75) is 67.5 Å². The summed E-state index contributed by atoms with van der Waals surface area (Å²) in [6, 6.07) is 0.330. The zero-order valence-electron chi connectivity index (χ0n) is 21.6. The second kappa shape index (κ2) is 15.9.